The first-order valence-electron chi connectivity index (χ1n) is 5.94. The molecule has 0 aromatic carbocycles. The molecule has 0 bridgehead atoms. The summed E-state index contributed by atoms with van der Waals surface area (Å²) < 4.78 is 0. The topological polar surface area (TPSA) is 55.1 Å². The molecular formula is C12H26N2O. The molecule has 1 atom stereocenters. The average molecular weight is 214 g/mol. The largest absolute Gasteiger partial charge is 0.351 e. The van der Waals surface area contributed by atoms with Gasteiger partial charge in [-0.15, -0.1) is 0 Å². The summed E-state index contributed by atoms with van der Waals surface area (Å²) in [4.78, 5) is 11.6. The van der Waals surface area contributed by atoms with Crippen LogP contribution in [-0.4, -0.2) is 18.0 Å². The van der Waals surface area contributed by atoms with E-state index < -0.39 is 0 Å². The Morgan fingerprint density at radius 2 is 2.07 bits per heavy atom. The molecule has 0 aliphatic rings. The first kappa shape index (κ1) is 14.4. The maximum Gasteiger partial charge on any atom is 0.220 e. The molecule has 0 aliphatic heterocycles. The van der Waals surface area contributed by atoms with Crippen molar-refractivity contribution in [2.45, 2.75) is 58.9 Å². The van der Waals surface area contributed by atoms with Gasteiger partial charge in [0.05, 0.1) is 0 Å². The van der Waals surface area contributed by atoms with E-state index in [2.05, 4.69) is 33.0 Å². The molecule has 0 fully saturated rings. The Morgan fingerprint density at radius 1 is 1.47 bits per heavy atom. The normalized spacial score (nSPS) is 15.1. The molecule has 1 unspecified atom stereocenters. The molecule has 0 aromatic heterocycles. The quantitative estimate of drug-likeness (QED) is 0.681. The number of nitrogens with two attached hydrogens (primary N) is 1. The van der Waals surface area contributed by atoms with Crippen LogP contribution in [0.25, 0.3) is 0 Å². The van der Waals surface area contributed by atoms with E-state index in [1.165, 1.54) is 0 Å². The molecule has 1 amide bonds. The summed E-state index contributed by atoms with van der Waals surface area (Å²) >= 11 is 0. The van der Waals surface area contributed by atoms with Gasteiger partial charge in [-0.1, -0.05) is 20.8 Å². The van der Waals surface area contributed by atoms with E-state index in [4.69, 9.17) is 5.73 Å². The molecule has 15 heavy (non-hydrogen) atoms. The highest BCUT2D eigenvalue weighted by Crippen LogP contribution is 2.14. The van der Waals surface area contributed by atoms with Gasteiger partial charge in [-0.25, -0.2) is 0 Å². The van der Waals surface area contributed by atoms with E-state index in [9.17, 15) is 4.79 Å². The Bertz CT molecular complexity index is 192. The molecule has 0 rings (SSSR count). The lowest BCUT2D eigenvalue weighted by Crippen LogP contribution is -2.46. The summed E-state index contributed by atoms with van der Waals surface area (Å²) in [5.41, 5.74) is 5.41. The van der Waals surface area contributed by atoms with Crippen molar-refractivity contribution in [2.24, 2.45) is 11.7 Å². The summed E-state index contributed by atoms with van der Waals surface area (Å²) in [5, 5.41) is 3.08. The maximum absolute atomic E-state index is 11.6. The second-order valence-corrected chi connectivity index (χ2v) is 4.93. The Balaban J connectivity index is 4.01. The van der Waals surface area contributed by atoms with Crippen molar-refractivity contribution in [3.8, 4) is 0 Å². The van der Waals surface area contributed by atoms with E-state index in [-0.39, 0.29) is 11.4 Å². The lowest BCUT2D eigenvalue weighted by Gasteiger charge is -2.29. The van der Waals surface area contributed by atoms with Gasteiger partial charge in [-0.3, -0.25) is 4.79 Å². The molecule has 0 saturated carbocycles. The number of hydrogen-bond acceptors (Lipinski definition) is 2. The minimum Gasteiger partial charge on any atom is -0.351 e. The zero-order valence-corrected chi connectivity index (χ0v) is 10.6. The predicted molar refractivity (Wildman–Crippen MR) is 64.6 cm³/mol. The first-order chi connectivity index (χ1) is 6.93. The van der Waals surface area contributed by atoms with Crippen LogP contribution in [0, 0.1) is 5.92 Å². The van der Waals surface area contributed by atoms with Crippen molar-refractivity contribution >= 4 is 5.91 Å². The zero-order valence-electron chi connectivity index (χ0n) is 10.6. The molecule has 0 radical (unpaired) electrons. The average Bonchev–Trinajstić information content (AvgIpc) is 2.15. The van der Waals surface area contributed by atoms with Crippen LogP contribution < -0.4 is 11.1 Å². The van der Waals surface area contributed by atoms with E-state index in [1.807, 2.05) is 0 Å². The lowest BCUT2D eigenvalue weighted by molar-refractivity contribution is -0.123. The molecule has 0 aromatic rings. The minimum absolute atomic E-state index is 0.122. The van der Waals surface area contributed by atoms with Crippen molar-refractivity contribution in [1.29, 1.82) is 0 Å². The highest BCUT2D eigenvalue weighted by molar-refractivity contribution is 5.76. The van der Waals surface area contributed by atoms with Gasteiger partial charge in [0.2, 0.25) is 5.91 Å². The van der Waals surface area contributed by atoms with Crippen molar-refractivity contribution in [1.82, 2.24) is 5.32 Å². The molecule has 90 valence electrons. The highest BCUT2D eigenvalue weighted by Gasteiger charge is 2.22. The van der Waals surface area contributed by atoms with Crippen LogP contribution in [-0.2, 0) is 4.79 Å². The van der Waals surface area contributed by atoms with E-state index in [0.29, 0.717) is 18.9 Å². The molecule has 3 heteroatoms. The second kappa shape index (κ2) is 6.83. The fourth-order valence-electron chi connectivity index (χ4n) is 1.47. The second-order valence-electron chi connectivity index (χ2n) is 4.93. The fourth-order valence-corrected chi connectivity index (χ4v) is 1.47. The summed E-state index contributed by atoms with van der Waals surface area (Å²) in [5.74, 6) is 0.736. The number of carbonyl (C=O) groups excluding carboxylic acids is 1. The van der Waals surface area contributed by atoms with Gasteiger partial charge in [-0.2, -0.15) is 0 Å². The van der Waals surface area contributed by atoms with Gasteiger partial charge in [0.25, 0.3) is 0 Å². The Morgan fingerprint density at radius 3 is 2.47 bits per heavy atom. The van der Waals surface area contributed by atoms with Crippen LogP contribution in [0.2, 0.25) is 0 Å². The molecule has 3 N–H and O–H groups in total. The van der Waals surface area contributed by atoms with Crippen LogP contribution in [0.4, 0.5) is 0 Å². The Labute approximate surface area is 93.8 Å². The number of amides is 1. The van der Waals surface area contributed by atoms with E-state index in [1.54, 1.807) is 0 Å². The molecule has 0 saturated heterocycles. The molecular weight excluding hydrogens is 188 g/mol. The summed E-state index contributed by atoms with van der Waals surface area (Å²) in [7, 11) is 0. The van der Waals surface area contributed by atoms with Gasteiger partial charge < -0.3 is 11.1 Å². The number of carbonyl (C=O) groups is 1. The van der Waals surface area contributed by atoms with Gasteiger partial charge in [0, 0.05) is 12.0 Å². The van der Waals surface area contributed by atoms with Crippen LogP contribution in [0.5, 0.6) is 0 Å². The van der Waals surface area contributed by atoms with Crippen LogP contribution in [0.15, 0.2) is 0 Å². The minimum atomic E-state index is -0.122. The zero-order chi connectivity index (χ0) is 11.9. The Hall–Kier alpha value is -0.570. The first-order valence-corrected chi connectivity index (χ1v) is 5.94. The van der Waals surface area contributed by atoms with Gasteiger partial charge in [0.1, 0.15) is 0 Å². The van der Waals surface area contributed by atoms with Crippen molar-refractivity contribution in [2.75, 3.05) is 6.54 Å². The molecule has 0 heterocycles. The SMILES string of the molecule is CCC(C)(CCN)NC(=O)CCC(C)C. The van der Waals surface area contributed by atoms with Crippen LogP contribution in [0.3, 0.4) is 0 Å². The third-order valence-electron chi connectivity index (χ3n) is 2.87. The lowest BCUT2D eigenvalue weighted by atomic mass is 9.94. The van der Waals surface area contributed by atoms with E-state index >= 15 is 0 Å². The molecule has 0 spiro atoms. The maximum atomic E-state index is 11.6. The smallest absolute Gasteiger partial charge is 0.220 e. The van der Waals surface area contributed by atoms with Gasteiger partial charge >= 0.3 is 0 Å². The van der Waals surface area contributed by atoms with Crippen LogP contribution >= 0.6 is 0 Å². The predicted octanol–water partition coefficient (Wildman–Crippen LogP) is 2.06. The number of hydrogen-bond donors (Lipinski definition) is 2. The number of nitrogens with one attached hydrogen (secondary N) is 1. The van der Waals surface area contributed by atoms with Crippen molar-refractivity contribution < 1.29 is 4.79 Å². The standard InChI is InChI=1S/C12H26N2O/c1-5-12(4,8-9-13)14-11(15)7-6-10(2)3/h10H,5-9,13H2,1-4H3,(H,14,15). The summed E-state index contributed by atoms with van der Waals surface area (Å²) in [6.45, 7) is 9.03. The molecule has 0 aliphatic carbocycles. The van der Waals surface area contributed by atoms with Crippen LogP contribution in [0.1, 0.15) is 53.4 Å². The monoisotopic (exact) mass is 214 g/mol. The third kappa shape index (κ3) is 6.50. The van der Waals surface area contributed by atoms with E-state index in [0.717, 1.165) is 19.3 Å². The van der Waals surface area contributed by atoms with Gasteiger partial charge in [-0.05, 0) is 38.6 Å². The van der Waals surface area contributed by atoms with Crippen molar-refractivity contribution in [3.05, 3.63) is 0 Å². The van der Waals surface area contributed by atoms with Gasteiger partial charge in [0.15, 0.2) is 0 Å². The summed E-state index contributed by atoms with van der Waals surface area (Å²) in [6.07, 6.45) is 3.35. The number of rotatable bonds is 7. The highest BCUT2D eigenvalue weighted by atomic mass is 16.1. The third-order valence-corrected chi connectivity index (χ3v) is 2.87. The Kier molecular flexibility index (Phi) is 6.57. The molecule has 3 nitrogen and oxygen atoms in total. The summed E-state index contributed by atoms with van der Waals surface area (Å²) in [6, 6.07) is 0. The fraction of sp³-hybridized carbons (Fsp3) is 0.917. The van der Waals surface area contributed by atoms with Crippen molar-refractivity contribution in [3.63, 3.8) is 0 Å².